The van der Waals surface area contributed by atoms with Crippen molar-refractivity contribution in [2.75, 3.05) is 19.6 Å². The van der Waals surface area contributed by atoms with Crippen LogP contribution in [-0.4, -0.2) is 47.3 Å². The molecular weight excluding hydrogens is 324 g/mol. The topological polar surface area (TPSA) is 40.6 Å². The molecule has 2 aromatic rings. The maximum absolute atomic E-state index is 13.1. The number of likely N-dealkylation sites (tertiary alicyclic amines) is 2. The van der Waals surface area contributed by atoms with Gasteiger partial charge >= 0.3 is 0 Å². The number of fused-ring (bicyclic) bond motifs is 2. The Bertz CT molecular complexity index is 827. The highest BCUT2D eigenvalue weighted by Crippen LogP contribution is 2.31. The van der Waals surface area contributed by atoms with E-state index in [1.807, 2.05) is 23.1 Å². The lowest BCUT2D eigenvalue weighted by Gasteiger charge is -2.47. The van der Waals surface area contributed by atoms with Crippen molar-refractivity contribution in [3.8, 4) is 0 Å². The first-order chi connectivity index (χ1) is 12.6. The van der Waals surface area contributed by atoms with E-state index < -0.39 is 0 Å². The molecule has 2 aliphatic heterocycles. The second-order valence-corrected chi connectivity index (χ2v) is 7.63. The van der Waals surface area contributed by atoms with Crippen LogP contribution in [0.25, 0.3) is 10.8 Å². The van der Waals surface area contributed by atoms with Crippen LogP contribution in [0.4, 0.5) is 0 Å². The van der Waals surface area contributed by atoms with E-state index in [0.717, 1.165) is 44.5 Å². The van der Waals surface area contributed by atoms with E-state index in [2.05, 4.69) is 29.2 Å². The van der Waals surface area contributed by atoms with E-state index in [9.17, 15) is 9.59 Å². The third kappa shape index (κ3) is 3.20. The van der Waals surface area contributed by atoms with Crippen LogP contribution in [0.2, 0.25) is 0 Å². The van der Waals surface area contributed by atoms with Crippen molar-refractivity contribution in [3.63, 3.8) is 0 Å². The molecule has 0 radical (unpaired) electrons. The molecule has 2 aromatic carbocycles. The van der Waals surface area contributed by atoms with Gasteiger partial charge in [0, 0.05) is 32.6 Å². The number of carbonyl (C=O) groups is 2. The lowest BCUT2D eigenvalue weighted by Crippen LogP contribution is -2.56. The third-order valence-corrected chi connectivity index (χ3v) is 6.06. The smallest absolute Gasteiger partial charge is 0.227 e. The zero-order valence-electron chi connectivity index (χ0n) is 15.4. The second-order valence-electron chi connectivity index (χ2n) is 7.63. The van der Waals surface area contributed by atoms with Crippen molar-refractivity contribution in [2.24, 2.45) is 5.92 Å². The molecule has 2 fully saturated rings. The third-order valence-electron chi connectivity index (χ3n) is 6.06. The lowest BCUT2D eigenvalue weighted by molar-refractivity contribution is -0.140. The molecule has 0 unspecified atom stereocenters. The number of nitrogens with zero attached hydrogens (tertiary/aromatic N) is 2. The van der Waals surface area contributed by atoms with E-state index in [-0.39, 0.29) is 11.8 Å². The summed E-state index contributed by atoms with van der Waals surface area (Å²) in [5, 5.41) is 2.35. The fourth-order valence-corrected chi connectivity index (χ4v) is 4.71. The van der Waals surface area contributed by atoms with Crippen molar-refractivity contribution in [1.29, 1.82) is 0 Å². The Morgan fingerprint density at radius 3 is 2.69 bits per heavy atom. The van der Waals surface area contributed by atoms with Crippen LogP contribution >= 0.6 is 0 Å². The fourth-order valence-electron chi connectivity index (χ4n) is 4.71. The van der Waals surface area contributed by atoms with E-state index in [0.29, 0.717) is 18.4 Å². The van der Waals surface area contributed by atoms with E-state index >= 15 is 0 Å². The number of carbonyl (C=O) groups excluding carboxylic acids is 2. The zero-order valence-corrected chi connectivity index (χ0v) is 15.4. The Morgan fingerprint density at radius 2 is 1.85 bits per heavy atom. The van der Waals surface area contributed by atoms with Gasteiger partial charge in [-0.05, 0) is 41.5 Å². The van der Waals surface area contributed by atoms with Gasteiger partial charge in [-0.3, -0.25) is 9.59 Å². The van der Waals surface area contributed by atoms with Crippen LogP contribution in [0, 0.1) is 5.92 Å². The number of piperidine rings is 2. The molecule has 2 atom stereocenters. The Hall–Kier alpha value is -2.36. The quantitative estimate of drug-likeness (QED) is 0.834. The summed E-state index contributed by atoms with van der Waals surface area (Å²) in [6, 6.07) is 14.8. The highest BCUT2D eigenvalue weighted by Gasteiger charge is 2.38. The fraction of sp³-hybridized carbons (Fsp3) is 0.455. The number of hydrogen-bond acceptors (Lipinski definition) is 2. The molecule has 0 N–H and O–H groups in total. The van der Waals surface area contributed by atoms with Gasteiger partial charge in [-0.1, -0.05) is 42.5 Å². The Morgan fingerprint density at radius 1 is 1.04 bits per heavy atom. The number of hydrogen-bond donors (Lipinski definition) is 0. The molecule has 2 saturated heterocycles. The van der Waals surface area contributed by atoms with Crippen molar-refractivity contribution in [2.45, 2.75) is 38.6 Å². The minimum Gasteiger partial charge on any atom is -0.343 e. The molecule has 0 saturated carbocycles. The SMILES string of the molecule is CC(=O)N1CC[C@H]2[C@H](CCCN2C(=O)Cc2cccc3ccccc23)C1. The molecule has 2 aliphatic rings. The molecule has 0 aromatic heterocycles. The molecule has 0 bridgehead atoms. The minimum absolute atomic E-state index is 0.155. The van der Waals surface area contributed by atoms with E-state index in [4.69, 9.17) is 0 Å². The van der Waals surface area contributed by atoms with Gasteiger partial charge in [0.1, 0.15) is 0 Å². The summed E-state index contributed by atoms with van der Waals surface area (Å²) in [4.78, 5) is 28.9. The van der Waals surface area contributed by atoms with Crippen LogP contribution in [0.1, 0.15) is 31.7 Å². The van der Waals surface area contributed by atoms with Gasteiger partial charge in [0.25, 0.3) is 0 Å². The van der Waals surface area contributed by atoms with Gasteiger partial charge < -0.3 is 9.80 Å². The van der Waals surface area contributed by atoms with Crippen LogP contribution in [-0.2, 0) is 16.0 Å². The van der Waals surface area contributed by atoms with E-state index in [1.165, 1.54) is 10.8 Å². The number of rotatable bonds is 2. The van der Waals surface area contributed by atoms with Crippen LogP contribution in [0.15, 0.2) is 42.5 Å². The van der Waals surface area contributed by atoms with Crippen LogP contribution < -0.4 is 0 Å². The van der Waals surface area contributed by atoms with Crippen molar-refractivity contribution in [3.05, 3.63) is 48.0 Å². The average Bonchev–Trinajstić information content (AvgIpc) is 2.67. The molecule has 2 amide bonds. The molecule has 26 heavy (non-hydrogen) atoms. The van der Waals surface area contributed by atoms with Gasteiger partial charge in [-0.25, -0.2) is 0 Å². The maximum Gasteiger partial charge on any atom is 0.227 e. The molecule has 4 heteroatoms. The molecule has 4 nitrogen and oxygen atoms in total. The Labute approximate surface area is 154 Å². The first-order valence-corrected chi connectivity index (χ1v) is 9.65. The molecule has 0 spiro atoms. The molecule has 136 valence electrons. The summed E-state index contributed by atoms with van der Waals surface area (Å²) in [7, 11) is 0. The minimum atomic E-state index is 0.155. The van der Waals surface area contributed by atoms with Crippen molar-refractivity contribution >= 4 is 22.6 Å². The van der Waals surface area contributed by atoms with Crippen LogP contribution in [0.3, 0.4) is 0 Å². The zero-order chi connectivity index (χ0) is 18.1. The first kappa shape index (κ1) is 17.1. The van der Waals surface area contributed by atoms with Gasteiger partial charge in [0.05, 0.1) is 6.42 Å². The summed E-state index contributed by atoms with van der Waals surface area (Å²) in [6.45, 7) is 4.07. The maximum atomic E-state index is 13.1. The van der Waals surface area contributed by atoms with E-state index in [1.54, 1.807) is 6.92 Å². The van der Waals surface area contributed by atoms with Gasteiger partial charge in [-0.15, -0.1) is 0 Å². The van der Waals surface area contributed by atoms with Gasteiger partial charge in [0.2, 0.25) is 11.8 Å². The summed E-state index contributed by atoms with van der Waals surface area (Å²) < 4.78 is 0. The highest BCUT2D eigenvalue weighted by atomic mass is 16.2. The molecular formula is C22H26N2O2. The number of amides is 2. The molecule has 0 aliphatic carbocycles. The second kappa shape index (κ2) is 7.10. The predicted molar refractivity (Wildman–Crippen MR) is 103 cm³/mol. The number of benzene rings is 2. The summed E-state index contributed by atoms with van der Waals surface area (Å²) >= 11 is 0. The standard InChI is InChI=1S/C22H26N2O2/c1-16(25)23-13-11-21-19(15-23)9-5-12-24(21)22(26)14-18-8-4-7-17-6-2-3-10-20(17)18/h2-4,6-8,10,19,21H,5,9,11-15H2,1H3/t19-,21+/m1/s1. The normalized spacial score (nSPS) is 23.0. The predicted octanol–water partition coefficient (Wildman–Crippen LogP) is 3.24. The first-order valence-electron chi connectivity index (χ1n) is 9.65. The van der Waals surface area contributed by atoms with Gasteiger partial charge in [-0.2, -0.15) is 0 Å². The largest absolute Gasteiger partial charge is 0.343 e. The van der Waals surface area contributed by atoms with Gasteiger partial charge in [0.15, 0.2) is 0 Å². The van der Waals surface area contributed by atoms with Crippen molar-refractivity contribution in [1.82, 2.24) is 9.80 Å². The summed E-state index contributed by atoms with van der Waals surface area (Å²) in [6.07, 6.45) is 3.52. The Balaban J connectivity index is 1.52. The lowest BCUT2D eigenvalue weighted by atomic mass is 9.83. The summed E-state index contributed by atoms with van der Waals surface area (Å²) in [5.74, 6) is 0.813. The monoisotopic (exact) mass is 350 g/mol. The van der Waals surface area contributed by atoms with Crippen molar-refractivity contribution < 1.29 is 9.59 Å². The summed E-state index contributed by atoms with van der Waals surface area (Å²) in [5.41, 5.74) is 1.11. The average molecular weight is 350 g/mol. The Kier molecular flexibility index (Phi) is 4.66. The highest BCUT2D eigenvalue weighted by molar-refractivity contribution is 5.90. The van der Waals surface area contributed by atoms with Crippen LogP contribution in [0.5, 0.6) is 0 Å². The molecule has 4 rings (SSSR count). The molecule has 2 heterocycles.